The Morgan fingerprint density at radius 3 is 2.07 bits per heavy atom. The van der Waals surface area contributed by atoms with Crippen LogP contribution >= 0.6 is 0 Å². The Balaban J connectivity index is 2.36. The summed E-state index contributed by atoms with van der Waals surface area (Å²) in [6.07, 6.45) is 12.8. The van der Waals surface area contributed by atoms with Gasteiger partial charge in [0, 0.05) is 24.8 Å². The van der Waals surface area contributed by atoms with Gasteiger partial charge in [0.25, 0.3) is 0 Å². The molecule has 1 rings (SSSR count). The number of unbranched alkanes of at least 4 members (excludes halogenated alkanes) is 9. The molecule has 4 nitrogen and oxygen atoms in total. The van der Waals surface area contributed by atoms with Crippen molar-refractivity contribution in [2.24, 2.45) is 5.92 Å². The Bertz CT molecular complexity index is 653. The maximum absolute atomic E-state index is 11.0. The summed E-state index contributed by atoms with van der Waals surface area (Å²) < 4.78 is 0. The lowest BCUT2D eigenvalue weighted by molar-refractivity contribution is -0.140. The van der Waals surface area contributed by atoms with Crippen LogP contribution in [-0.2, 0) is 16.0 Å². The summed E-state index contributed by atoms with van der Waals surface area (Å²) in [5.74, 6) is 4.07. The third-order valence-electron chi connectivity index (χ3n) is 5.02. The zero-order valence-corrected chi connectivity index (χ0v) is 17.8. The number of carboxylic acid groups (broad SMARTS) is 2. The quantitative estimate of drug-likeness (QED) is 0.277. The van der Waals surface area contributed by atoms with Gasteiger partial charge in [0.2, 0.25) is 0 Å². The van der Waals surface area contributed by atoms with E-state index >= 15 is 0 Å². The van der Waals surface area contributed by atoms with Crippen LogP contribution in [0.2, 0.25) is 0 Å². The molecule has 0 bridgehead atoms. The van der Waals surface area contributed by atoms with Gasteiger partial charge >= 0.3 is 11.9 Å². The van der Waals surface area contributed by atoms with Crippen molar-refractivity contribution in [3.05, 3.63) is 35.4 Å². The monoisotopic (exact) mass is 400 g/mol. The SMILES string of the molecule is CCCCCCCCCCCC#Cc1cccc(CC(CC(=O)O)CC(=O)O)c1. The van der Waals surface area contributed by atoms with Gasteiger partial charge in [-0.15, -0.1) is 0 Å². The fourth-order valence-electron chi connectivity index (χ4n) is 3.51. The van der Waals surface area contributed by atoms with Gasteiger partial charge in [-0.25, -0.2) is 0 Å². The molecular weight excluding hydrogens is 364 g/mol. The van der Waals surface area contributed by atoms with E-state index in [0.29, 0.717) is 6.42 Å². The van der Waals surface area contributed by atoms with Crippen LogP contribution < -0.4 is 0 Å². The summed E-state index contributed by atoms with van der Waals surface area (Å²) in [4.78, 5) is 21.9. The first-order valence-electron chi connectivity index (χ1n) is 11.0. The van der Waals surface area contributed by atoms with Crippen molar-refractivity contribution >= 4 is 11.9 Å². The van der Waals surface area contributed by atoms with Gasteiger partial charge in [-0.1, -0.05) is 82.3 Å². The second-order valence-electron chi connectivity index (χ2n) is 7.85. The number of benzene rings is 1. The minimum absolute atomic E-state index is 0.138. The van der Waals surface area contributed by atoms with Crippen molar-refractivity contribution < 1.29 is 19.8 Å². The van der Waals surface area contributed by atoms with Crippen molar-refractivity contribution in [2.45, 2.75) is 90.4 Å². The van der Waals surface area contributed by atoms with Crippen LogP contribution in [0.5, 0.6) is 0 Å². The second-order valence-corrected chi connectivity index (χ2v) is 7.85. The minimum Gasteiger partial charge on any atom is -0.481 e. The number of carboxylic acids is 2. The van der Waals surface area contributed by atoms with Gasteiger partial charge in [0.05, 0.1) is 0 Å². The molecule has 0 radical (unpaired) electrons. The standard InChI is InChI=1S/C25H36O4/c1-2-3-4-5-6-7-8-9-10-11-12-14-21-15-13-16-22(17-21)18-23(19-24(26)27)20-25(28)29/h13,15-17,23H,2-11,18-20H2,1H3,(H,26,27)(H,28,29). The lowest BCUT2D eigenvalue weighted by atomic mass is 9.92. The van der Waals surface area contributed by atoms with Crippen LogP contribution in [-0.4, -0.2) is 22.2 Å². The summed E-state index contributed by atoms with van der Waals surface area (Å²) in [5, 5.41) is 18.0. The van der Waals surface area contributed by atoms with Crippen molar-refractivity contribution in [1.29, 1.82) is 0 Å². The molecule has 0 unspecified atom stereocenters. The molecule has 0 saturated heterocycles. The highest BCUT2D eigenvalue weighted by Crippen LogP contribution is 2.17. The fourth-order valence-corrected chi connectivity index (χ4v) is 3.51. The molecule has 0 fully saturated rings. The number of rotatable bonds is 15. The van der Waals surface area contributed by atoms with Crippen LogP contribution in [0, 0.1) is 17.8 Å². The molecule has 4 heteroatoms. The number of hydrogen-bond acceptors (Lipinski definition) is 2. The predicted molar refractivity (Wildman–Crippen MR) is 117 cm³/mol. The zero-order chi connectivity index (χ0) is 21.3. The van der Waals surface area contributed by atoms with E-state index in [9.17, 15) is 9.59 Å². The highest BCUT2D eigenvalue weighted by molar-refractivity contribution is 5.70. The molecule has 0 aliphatic heterocycles. The van der Waals surface area contributed by atoms with E-state index in [1.165, 1.54) is 51.4 Å². The average Bonchev–Trinajstić information content (AvgIpc) is 2.65. The minimum atomic E-state index is -0.965. The van der Waals surface area contributed by atoms with E-state index in [0.717, 1.165) is 24.0 Å². The molecule has 1 aromatic rings. The second kappa shape index (κ2) is 15.6. The van der Waals surface area contributed by atoms with Crippen LogP contribution in [0.4, 0.5) is 0 Å². The van der Waals surface area contributed by atoms with Crippen LogP contribution in [0.25, 0.3) is 0 Å². The van der Waals surface area contributed by atoms with Gasteiger partial charge in [0.15, 0.2) is 0 Å². The lowest BCUT2D eigenvalue weighted by Gasteiger charge is -2.12. The summed E-state index contributed by atoms with van der Waals surface area (Å²) in [7, 11) is 0. The van der Waals surface area contributed by atoms with Crippen LogP contribution in [0.15, 0.2) is 24.3 Å². The summed E-state index contributed by atoms with van der Waals surface area (Å²) in [6, 6.07) is 7.69. The maximum Gasteiger partial charge on any atom is 0.303 e. The van der Waals surface area contributed by atoms with E-state index in [-0.39, 0.29) is 12.8 Å². The normalized spacial score (nSPS) is 10.6. The Kier molecular flexibility index (Phi) is 13.3. The molecule has 0 heterocycles. The van der Waals surface area contributed by atoms with Gasteiger partial charge in [-0.3, -0.25) is 9.59 Å². The van der Waals surface area contributed by atoms with E-state index in [1.54, 1.807) is 0 Å². The molecule has 0 amide bonds. The van der Waals surface area contributed by atoms with Gasteiger partial charge in [0.1, 0.15) is 0 Å². The smallest absolute Gasteiger partial charge is 0.303 e. The first-order valence-corrected chi connectivity index (χ1v) is 11.0. The number of carbonyl (C=O) groups is 2. The molecule has 0 saturated carbocycles. The van der Waals surface area contributed by atoms with Gasteiger partial charge < -0.3 is 10.2 Å². The number of aliphatic carboxylic acids is 2. The lowest BCUT2D eigenvalue weighted by Crippen LogP contribution is -2.15. The predicted octanol–water partition coefficient (Wildman–Crippen LogP) is 6.07. The molecule has 160 valence electrons. The zero-order valence-electron chi connectivity index (χ0n) is 17.8. The van der Waals surface area contributed by atoms with E-state index in [2.05, 4.69) is 18.8 Å². The first-order chi connectivity index (χ1) is 14.0. The van der Waals surface area contributed by atoms with Crippen molar-refractivity contribution in [2.75, 3.05) is 0 Å². The molecule has 0 atom stereocenters. The summed E-state index contributed by atoms with van der Waals surface area (Å²) in [5.41, 5.74) is 1.84. The Morgan fingerprint density at radius 2 is 1.48 bits per heavy atom. The Labute approximate surface area is 175 Å². The van der Waals surface area contributed by atoms with Gasteiger partial charge in [-0.2, -0.15) is 0 Å². The topological polar surface area (TPSA) is 74.6 Å². The highest BCUT2D eigenvalue weighted by Gasteiger charge is 2.17. The third kappa shape index (κ3) is 13.5. The molecule has 0 aromatic heterocycles. The van der Waals surface area contributed by atoms with Crippen LogP contribution in [0.3, 0.4) is 0 Å². The largest absolute Gasteiger partial charge is 0.481 e. The van der Waals surface area contributed by atoms with E-state index in [4.69, 9.17) is 10.2 Å². The van der Waals surface area contributed by atoms with Crippen molar-refractivity contribution in [3.8, 4) is 11.8 Å². The molecule has 2 N–H and O–H groups in total. The highest BCUT2D eigenvalue weighted by atomic mass is 16.4. The maximum atomic E-state index is 11.0. The number of hydrogen-bond donors (Lipinski definition) is 2. The molecule has 0 aliphatic rings. The first kappa shape index (κ1) is 24.8. The Morgan fingerprint density at radius 1 is 0.897 bits per heavy atom. The average molecular weight is 401 g/mol. The summed E-state index contributed by atoms with van der Waals surface area (Å²) >= 11 is 0. The van der Waals surface area contributed by atoms with Crippen molar-refractivity contribution in [1.82, 2.24) is 0 Å². The molecule has 29 heavy (non-hydrogen) atoms. The van der Waals surface area contributed by atoms with Crippen LogP contribution in [0.1, 0.15) is 95.1 Å². The van der Waals surface area contributed by atoms with Gasteiger partial charge in [-0.05, 0) is 36.5 Å². The van der Waals surface area contributed by atoms with E-state index < -0.39 is 17.9 Å². The van der Waals surface area contributed by atoms with Crippen molar-refractivity contribution in [3.63, 3.8) is 0 Å². The fraction of sp³-hybridized carbons (Fsp3) is 0.600. The third-order valence-corrected chi connectivity index (χ3v) is 5.02. The summed E-state index contributed by atoms with van der Waals surface area (Å²) in [6.45, 7) is 2.24. The molecule has 0 aliphatic carbocycles. The molecule has 1 aromatic carbocycles. The molecular formula is C25H36O4. The molecule has 0 spiro atoms. The Hall–Kier alpha value is -2.28. The van der Waals surface area contributed by atoms with E-state index in [1.807, 2.05) is 24.3 Å².